The summed E-state index contributed by atoms with van der Waals surface area (Å²) in [5.41, 5.74) is 1.37. The third-order valence-electron chi connectivity index (χ3n) is 2.76. The van der Waals surface area contributed by atoms with Crippen molar-refractivity contribution in [1.82, 2.24) is 9.36 Å². The molecular formula is C12H14N2O2. The Morgan fingerprint density at radius 1 is 1.31 bits per heavy atom. The molecule has 0 aliphatic rings. The van der Waals surface area contributed by atoms with Gasteiger partial charge in [-0.25, -0.2) is 4.68 Å². The third-order valence-corrected chi connectivity index (χ3v) is 2.76. The van der Waals surface area contributed by atoms with Crippen molar-refractivity contribution in [2.24, 2.45) is 7.05 Å². The molecule has 0 radical (unpaired) electrons. The Hall–Kier alpha value is -1.84. The lowest BCUT2D eigenvalue weighted by Gasteiger charge is -2.10. The molecular weight excluding hydrogens is 204 g/mol. The largest absolute Gasteiger partial charge is 0.298 e. The molecule has 0 N–H and O–H groups in total. The highest BCUT2D eigenvalue weighted by atomic mass is 16.1. The number of benzene rings is 1. The van der Waals surface area contributed by atoms with Gasteiger partial charge in [0.15, 0.2) is 0 Å². The first-order valence-electron chi connectivity index (χ1n) is 5.22. The van der Waals surface area contributed by atoms with E-state index in [0.29, 0.717) is 10.9 Å². The Morgan fingerprint density at radius 3 is 2.56 bits per heavy atom. The Labute approximate surface area is 93.1 Å². The van der Waals surface area contributed by atoms with Crippen molar-refractivity contribution in [3.8, 4) is 0 Å². The van der Waals surface area contributed by atoms with E-state index in [-0.39, 0.29) is 11.6 Å². The van der Waals surface area contributed by atoms with Crippen LogP contribution in [0.25, 0.3) is 10.9 Å². The molecule has 0 aliphatic heterocycles. The first-order chi connectivity index (χ1) is 7.56. The van der Waals surface area contributed by atoms with E-state index in [4.69, 9.17) is 0 Å². The Kier molecular flexibility index (Phi) is 2.42. The van der Waals surface area contributed by atoms with E-state index in [0.717, 1.165) is 11.8 Å². The average molecular weight is 218 g/mol. The summed E-state index contributed by atoms with van der Waals surface area (Å²) >= 11 is 0. The van der Waals surface area contributed by atoms with Gasteiger partial charge in [0.25, 0.3) is 5.56 Å². The summed E-state index contributed by atoms with van der Waals surface area (Å²) in [5.74, 6) is 0. The van der Waals surface area contributed by atoms with E-state index >= 15 is 0 Å². The highest BCUT2D eigenvalue weighted by molar-refractivity contribution is 5.86. The van der Waals surface area contributed by atoms with Gasteiger partial charge in [0.2, 0.25) is 0 Å². The van der Waals surface area contributed by atoms with Crippen molar-refractivity contribution in [1.29, 1.82) is 0 Å². The molecule has 4 nitrogen and oxygen atoms in total. The summed E-state index contributed by atoms with van der Waals surface area (Å²) in [7, 11) is 1.83. The lowest BCUT2D eigenvalue weighted by atomic mass is 10.2. The molecule has 0 bridgehead atoms. The van der Waals surface area contributed by atoms with E-state index in [1.807, 2.05) is 20.9 Å². The molecule has 0 saturated carbocycles. The van der Waals surface area contributed by atoms with Gasteiger partial charge < -0.3 is 0 Å². The van der Waals surface area contributed by atoms with Gasteiger partial charge in [0.1, 0.15) is 6.29 Å². The predicted octanol–water partition coefficient (Wildman–Crippen LogP) is 1.73. The molecule has 1 aromatic carbocycles. The number of aryl methyl sites for hydroxylation is 1. The Bertz CT molecular complexity index is 605. The molecule has 0 saturated heterocycles. The number of aromatic nitrogens is 2. The summed E-state index contributed by atoms with van der Waals surface area (Å²) in [5, 5.41) is 0.654. The van der Waals surface area contributed by atoms with Crippen LogP contribution < -0.4 is 5.56 Å². The fourth-order valence-corrected chi connectivity index (χ4v) is 2.03. The monoisotopic (exact) mass is 218 g/mol. The molecule has 2 aromatic rings. The van der Waals surface area contributed by atoms with E-state index in [9.17, 15) is 9.59 Å². The number of carbonyl (C=O) groups is 1. The average Bonchev–Trinajstić information content (AvgIpc) is 2.51. The summed E-state index contributed by atoms with van der Waals surface area (Å²) < 4.78 is 3.48. The first kappa shape index (κ1) is 10.7. The van der Waals surface area contributed by atoms with E-state index in [2.05, 4.69) is 0 Å². The number of rotatable bonds is 2. The van der Waals surface area contributed by atoms with Crippen LogP contribution in [0.4, 0.5) is 0 Å². The van der Waals surface area contributed by atoms with Crippen molar-refractivity contribution < 1.29 is 4.79 Å². The lowest BCUT2D eigenvalue weighted by molar-refractivity contribution is 0.112. The fraction of sp³-hybridized carbons (Fsp3) is 0.333. The van der Waals surface area contributed by atoms with Crippen LogP contribution in [0.3, 0.4) is 0 Å². The van der Waals surface area contributed by atoms with Gasteiger partial charge in [-0.15, -0.1) is 0 Å². The van der Waals surface area contributed by atoms with E-state index in [1.54, 1.807) is 27.6 Å². The van der Waals surface area contributed by atoms with Crippen LogP contribution in [0.1, 0.15) is 30.2 Å². The van der Waals surface area contributed by atoms with E-state index in [1.165, 1.54) is 0 Å². The summed E-state index contributed by atoms with van der Waals surface area (Å²) in [4.78, 5) is 22.7. The standard InChI is InChI=1S/C12H14N2O2/c1-8(2)14-12(16)10-5-4-9(7-15)6-11(10)13(14)3/h4-8H,1-3H3. The zero-order chi connectivity index (χ0) is 11.9. The second-order valence-corrected chi connectivity index (χ2v) is 4.16. The SMILES string of the molecule is CC(C)n1c(=O)c2ccc(C=O)cc2n1C. The van der Waals surface area contributed by atoms with Gasteiger partial charge in [0.05, 0.1) is 10.9 Å². The maximum atomic E-state index is 12.0. The van der Waals surface area contributed by atoms with Crippen LogP contribution in [0, 0.1) is 0 Å². The minimum absolute atomic E-state index is 0.00931. The number of nitrogens with zero attached hydrogens (tertiary/aromatic N) is 2. The fourth-order valence-electron chi connectivity index (χ4n) is 2.03. The van der Waals surface area contributed by atoms with Gasteiger partial charge in [-0.05, 0) is 26.0 Å². The van der Waals surface area contributed by atoms with Crippen molar-refractivity contribution in [3.63, 3.8) is 0 Å². The quantitative estimate of drug-likeness (QED) is 0.720. The van der Waals surface area contributed by atoms with Crippen LogP contribution >= 0.6 is 0 Å². The smallest absolute Gasteiger partial charge is 0.274 e. The maximum Gasteiger partial charge on any atom is 0.274 e. The Morgan fingerprint density at radius 2 is 2.00 bits per heavy atom. The van der Waals surface area contributed by atoms with Crippen LogP contribution in [0.15, 0.2) is 23.0 Å². The van der Waals surface area contributed by atoms with Crippen molar-refractivity contribution >= 4 is 17.2 Å². The summed E-state index contributed by atoms with van der Waals surface area (Å²) in [6.45, 7) is 3.92. The Balaban J connectivity index is 2.88. The highest BCUT2D eigenvalue weighted by Crippen LogP contribution is 2.14. The molecule has 0 spiro atoms. The number of aldehydes is 1. The molecule has 0 unspecified atom stereocenters. The zero-order valence-electron chi connectivity index (χ0n) is 9.60. The minimum atomic E-state index is -0.00931. The van der Waals surface area contributed by atoms with Gasteiger partial charge >= 0.3 is 0 Å². The van der Waals surface area contributed by atoms with Gasteiger partial charge in [-0.3, -0.25) is 14.3 Å². The van der Waals surface area contributed by atoms with Crippen LogP contribution in [0.2, 0.25) is 0 Å². The molecule has 2 rings (SSSR count). The number of hydrogen-bond acceptors (Lipinski definition) is 2. The van der Waals surface area contributed by atoms with Gasteiger partial charge in [-0.1, -0.05) is 6.07 Å². The van der Waals surface area contributed by atoms with Crippen molar-refractivity contribution in [3.05, 3.63) is 34.1 Å². The molecule has 0 atom stereocenters. The minimum Gasteiger partial charge on any atom is -0.298 e. The molecule has 0 amide bonds. The van der Waals surface area contributed by atoms with Crippen LogP contribution in [0.5, 0.6) is 0 Å². The van der Waals surface area contributed by atoms with Crippen molar-refractivity contribution in [2.45, 2.75) is 19.9 Å². The second kappa shape index (κ2) is 3.63. The molecule has 0 aliphatic carbocycles. The zero-order valence-corrected chi connectivity index (χ0v) is 9.60. The first-order valence-corrected chi connectivity index (χ1v) is 5.22. The molecule has 0 fully saturated rings. The van der Waals surface area contributed by atoms with Crippen LogP contribution in [-0.2, 0) is 7.05 Å². The molecule has 1 heterocycles. The third kappa shape index (κ3) is 1.38. The van der Waals surface area contributed by atoms with E-state index < -0.39 is 0 Å². The van der Waals surface area contributed by atoms with Crippen molar-refractivity contribution in [2.75, 3.05) is 0 Å². The number of carbonyl (C=O) groups excluding carboxylic acids is 1. The summed E-state index contributed by atoms with van der Waals surface area (Å²) in [6, 6.07) is 5.22. The van der Waals surface area contributed by atoms with Crippen LogP contribution in [-0.4, -0.2) is 15.6 Å². The van der Waals surface area contributed by atoms with Gasteiger partial charge in [0, 0.05) is 18.7 Å². The number of hydrogen-bond donors (Lipinski definition) is 0. The normalized spacial score (nSPS) is 11.2. The highest BCUT2D eigenvalue weighted by Gasteiger charge is 2.12. The maximum absolute atomic E-state index is 12.0. The number of fused-ring (bicyclic) bond motifs is 1. The van der Waals surface area contributed by atoms with Gasteiger partial charge in [-0.2, -0.15) is 0 Å². The molecule has 1 aromatic heterocycles. The molecule has 16 heavy (non-hydrogen) atoms. The summed E-state index contributed by atoms with van der Waals surface area (Å²) in [6.07, 6.45) is 0.788. The molecule has 84 valence electrons. The lowest BCUT2D eigenvalue weighted by Crippen LogP contribution is -2.23. The molecule has 4 heteroatoms. The topological polar surface area (TPSA) is 44.0 Å². The predicted molar refractivity (Wildman–Crippen MR) is 63.0 cm³/mol. The second-order valence-electron chi connectivity index (χ2n) is 4.16.